The van der Waals surface area contributed by atoms with Gasteiger partial charge in [0.05, 0.1) is 5.50 Å². The van der Waals surface area contributed by atoms with Crippen LogP contribution in [0.1, 0.15) is 12.0 Å². The summed E-state index contributed by atoms with van der Waals surface area (Å²) < 4.78 is 0. The predicted octanol–water partition coefficient (Wildman–Crippen LogP) is 3.26. The van der Waals surface area contributed by atoms with E-state index in [1.807, 2.05) is 31.3 Å². The van der Waals surface area contributed by atoms with Crippen LogP contribution in [0, 0.1) is 0 Å². The third kappa shape index (κ3) is 3.52. The number of benzene rings is 1. The van der Waals surface area contributed by atoms with Crippen molar-refractivity contribution < 1.29 is 0 Å². The molecule has 1 nitrogen and oxygen atoms in total. The number of halogens is 1. The number of rotatable bonds is 5. The van der Waals surface area contributed by atoms with Gasteiger partial charge in [0.1, 0.15) is 0 Å². The number of alkyl halides is 1. The Kier molecular flexibility index (Phi) is 4.71. The maximum Gasteiger partial charge on any atom is 0.0885 e. The summed E-state index contributed by atoms with van der Waals surface area (Å²) in [6.07, 6.45) is 2.66. The topological polar surface area (TPSA) is 3.24 Å². The van der Waals surface area contributed by atoms with Crippen LogP contribution in [0.4, 0.5) is 0 Å². The van der Waals surface area contributed by atoms with Crippen LogP contribution >= 0.6 is 11.6 Å². The molecule has 14 heavy (non-hydrogen) atoms. The highest BCUT2D eigenvalue weighted by Crippen LogP contribution is 2.11. The molecule has 0 aliphatic rings. The van der Waals surface area contributed by atoms with Crippen molar-refractivity contribution >= 4 is 11.6 Å². The van der Waals surface area contributed by atoms with E-state index in [1.54, 1.807) is 0 Å². The van der Waals surface area contributed by atoms with Gasteiger partial charge in [0.2, 0.25) is 0 Å². The van der Waals surface area contributed by atoms with Crippen molar-refractivity contribution in [2.75, 3.05) is 7.05 Å². The molecule has 0 saturated heterocycles. The monoisotopic (exact) mass is 209 g/mol. The van der Waals surface area contributed by atoms with E-state index in [0.717, 1.165) is 13.0 Å². The summed E-state index contributed by atoms with van der Waals surface area (Å²) in [7, 11) is 2.02. The van der Waals surface area contributed by atoms with Crippen LogP contribution in [0.3, 0.4) is 0 Å². The van der Waals surface area contributed by atoms with Gasteiger partial charge < -0.3 is 0 Å². The molecule has 1 unspecified atom stereocenters. The molecule has 0 aliphatic heterocycles. The van der Waals surface area contributed by atoms with Crippen LogP contribution < -0.4 is 0 Å². The Labute approximate surface area is 91.0 Å². The summed E-state index contributed by atoms with van der Waals surface area (Å²) in [6, 6.07) is 10.3. The van der Waals surface area contributed by atoms with Gasteiger partial charge in [-0.2, -0.15) is 0 Å². The molecule has 1 aromatic carbocycles. The summed E-state index contributed by atoms with van der Waals surface area (Å²) >= 11 is 6.14. The first-order chi connectivity index (χ1) is 6.74. The zero-order valence-electron chi connectivity index (χ0n) is 8.49. The van der Waals surface area contributed by atoms with Crippen molar-refractivity contribution in [3.05, 3.63) is 48.6 Å². The maximum absolute atomic E-state index is 6.14. The predicted molar refractivity (Wildman–Crippen MR) is 62.4 cm³/mol. The number of hydrogen-bond donors (Lipinski definition) is 0. The minimum atomic E-state index is 0.0349. The molecule has 0 saturated carbocycles. The van der Waals surface area contributed by atoms with Crippen LogP contribution in [0.25, 0.3) is 0 Å². The summed E-state index contributed by atoms with van der Waals surface area (Å²) in [4.78, 5) is 2.11. The van der Waals surface area contributed by atoms with Crippen LogP contribution in [0.15, 0.2) is 43.0 Å². The van der Waals surface area contributed by atoms with Gasteiger partial charge in [-0.3, -0.25) is 4.90 Å². The van der Waals surface area contributed by atoms with E-state index >= 15 is 0 Å². The Balaban J connectivity index is 2.48. The molecule has 0 aliphatic carbocycles. The first-order valence-corrected chi connectivity index (χ1v) is 5.17. The average Bonchev–Trinajstić information content (AvgIpc) is 2.19. The van der Waals surface area contributed by atoms with Crippen LogP contribution in [0.5, 0.6) is 0 Å². The molecule has 1 atom stereocenters. The second-order valence-corrected chi connectivity index (χ2v) is 3.86. The smallest absolute Gasteiger partial charge is 0.0885 e. The van der Waals surface area contributed by atoms with E-state index in [9.17, 15) is 0 Å². The van der Waals surface area contributed by atoms with Crippen molar-refractivity contribution in [2.24, 2.45) is 0 Å². The molecule has 1 aromatic rings. The van der Waals surface area contributed by atoms with Crippen molar-refractivity contribution in [1.29, 1.82) is 0 Å². The van der Waals surface area contributed by atoms with E-state index in [1.165, 1.54) is 5.56 Å². The molecule has 0 heterocycles. The third-order valence-corrected chi connectivity index (χ3v) is 2.63. The third-order valence-electron chi connectivity index (χ3n) is 2.11. The zero-order chi connectivity index (χ0) is 10.4. The number of nitrogens with zero attached hydrogens (tertiary/aromatic N) is 1. The first kappa shape index (κ1) is 11.3. The Morgan fingerprint density at radius 1 is 1.43 bits per heavy atom. The quantitative estimate of drug-likeness (QED) is 0.409. The lowest BCUT2D eigenvalue weighted by atomic mass is 10.2. The summed E-state index contributed by atoms with van der Waals surface area (Å²) in [5.41, 5.74) is 1.32. The molecule has 76 valence electrons. The highest BCUT2D eigenvalue weighted by Gasteiger charge is 2.09. The lowest BCUT2D eigenvalue weighted by Gasteiger charge is -2.21. The largest absolute Gasteiger partial charge is 0.286 e. The van der Waals surface area contributed by atoms with Crippen LogP contribution in [-0.4, -0.2) is 17.4 Å². The highest BCUT2D eigenvalue weighted by atomic mass is 35.5. The Morgan fingerprint density at radius 3 is 2.64 bits per heavy atom. The van der Waals surface area contributed by atoms with Crippen LogP contribution in [0.2, 0.25) is 0 Å². The summed E-state index contributed by atoms with van der Waals surface area (Å²) in [5.74, 6) is 0. The van der Waals surface area contributed by atoms with Gasteiger partial charge in [0.15, 0.2) is 0 Å². The van der Waals surface area contributed by atoms with Gasteiger partial charge in [-0.15, -0.1) is 18.2 Å². The van der Waals surface area contributed by atoms with Gasteiger partial charge in [-0.05, 0) is 19.0 Å². The van der Waals surface area contributed by atoms with Crippen molar-refractivity contribution in [3.8, 4) is 0 Å². The Morgan fingerprint density at radius 2 is 2.07 bits per heavy atom. The summed E-state index contributed by atoms with van der Waals surface area (Å²) in [6.45, 7) is 4.56. The minimum absolute atomic E-state index is 0.0349. The standard InChI is InChI=1S/C12H16ClN/c1-3-7-12(13)14(2)10-11-8-5-4-6-9-11/h3-6,8-9,12H,1,7,10H2,2H3. The Hall–Kier alpha value is -0.790. The van der Waals surface area contributed by atoms with Gasteiger partial charge in [0, 0.05) is 6.54 Å². The molecule has 2 heteroatoms. The van der Waals surface area contributed by atoms with E-state index in [4.69, 9.17) is 11.6 Å². The maximum atomic E-state index is 6.14. The lowest BCUT2D eigenvalue weighted by Crippen LogP contribution is -2.25. The zero-order valence-corrected chi connectivity index (χ0v) is 9.24. The molecule has 0 amide bonds. The van der Waals surface area contributed by atoms with E-state index in [-0.39, 0.29) is 5.50 Å². The highest BCUT2D eigenvalue weighted by molar-refractivity contribution is 6.20. The number of hydrogen-bond acceptors (Lipinski definition) is 1. The molecule has 0 N–H and O–H groups in total. The second-order valence-electron chi connectivity index (χ2n) is 3.36. The molecular weight excluding hydrogens is 194 g/mol. The summed E-state index contributed by atoms with van der Waals surface area (Å²) in [5, 5.41) is 0. The van der Waals surface area contributed by atoms with Gasteiger partial charge in [-0.25, -0.2) is 0 Å². The van der Waals surface area contributed by atoms with Crippen molar-refractivity contribution in [3.63, 3.8) is 0 Å². The van der Waals surface area contributed by atoms with Gasteiger partial charge >= 0.3 is 0 Å². The fraction of sp³-hybridized carbons (Fsp3) is 0.333. The molecule has 1 rings (SSSR count). The molecule has 0 radical (unpaired) electrons. The minimum Gasteiger partial charge on any atom is -0.286 e. The molecule has 0 fully saturated rings. The average molecular weight is 210 g/mol. The van der Waals surface area contributed by atoms with E-state index < -0.39 is 0 Å². The van der Waals surface area contributed by atoms with Crippen molar-refractivity contribution in [1.82, 2.24) is 4.90 Å². The lowest BCUT2D eigenvalue weighted by molar-refractivity contribution is 0.301. The SMILES string of the molecule is C=CCC(Cl)N(C)Cc1ccccc1. The fourth-order valence-electron chi connectivity index (χ4n) is 1.29. The van der Waals surface area contributed by atoms with Crippen LogP contribution in [-0.2, 0) is 6.54 Å². The molecule has 0 bridgehead atoms. The van der Waals surface area contributed by atoms with E-state index in [2.05, 4.69) is 23.6 Å². The molecule has 0 aromatic heterocycles. The Bertz CT molecular complexity index is 271. The second kappa shape index (κ2) is 5.84. The first-order valence-electron chi connectivity index (χ1n) is 4.73. The van der Waals surface area contributed by atoms with Crippen molar-refractivity contribution in [2.45, 2.75) is 18.5 Å². The fourth-order valence-corrected chi connectivity index (χ4v) is 1.48. The normalized spacial score (nSPS) is 12.8. The van der Waals surface area contributed by atoms with Gasteiger partial charge in [0.25, 0.3) is 0 Å². The molecule has 0 spiro atoms. The molecular formula is C12H16ClN. The van der Waals surface area contributed by atoms with E-state index in [0.29, 0.717) is 0 Å². The van der Waals surface area contributed by atoms with Gasteiger partial charge in [-0.1, -0.05) is 36.4 Å².